The molecular formula is C16H23N5OS. The second-order valence-corrected chi connectivity index (χ2v) is 6.75. The fourth-order valence-electron chi connectivity index (χ4n) is 2.79. The fourth-order valence-corrected chi connectivity index (χ4v) is 3.45. The van der Waals surface area contributed by atoms with Crippen LogP contribution in [0.4, 0.5) is 4.79 Å². The van der Waals surface area contributed by atoms with Crippen molar-refractivity contribution in [2.75, 3.05) is 26.2 Å². The summed E-state index contributed by atoms with van der Waals surface area (Å²) in [7, 11) is 0. The van der Waals surface area contributed by atoms with Crippen LogP contribution in [0.3, 0.4) is 0 Å². The smallest absolute Gasteiger partial charge is 0.317 e. The quantitative estimate of drug-likeness (QED) is 0.909. The van der Waals surface area contributed by atoms with Crippen LogP contribution in [0, 0.1) is 0 Å². The van der Waals surface area contributed by atoms with Gasteiger partial charge in [0.25, 0.3) is 0 Å². The zero-order chi connectivity index (χ0) is 16.1. The van der Waals surface area contributed by atoms with Crippen LogP contribution in [-0.4, -0.2) is 57.8 Å². The molecule has 6 nitrogen and oxygen atoms in total. The van der Waals surface area contributed by atoms with Crippen LogP contribution < -0.4 is 5.32 Å². The van der Waals surface area contributed by atoms with Gasteiger partial charge < -0.3 is 10.2 Å². The predicted octanol–water partition coefficient (Wildman–Crippen LogP) is 1.86. The van der Waals surface area contributed by atoms with Gasteiger partial charge in [0, 0.05) is 51.2 Å². The van der Waals surface area contributed by atoms with Gasteiger partial charge in [-0.05, 0) is 35.4 Å². The Hall–Kier alpha value is -1.86. The van der Waals surface area contributed by atoms with Crippen molar-refractivity contribution in [2.24, 2.45) is 0 Å². The number of rotatable bonds is 5. The first kappa shape index (κ1) is 16.0. The number of aromatic nitrogens is 2. The molecule has 1 atom stereocenters. The number of nitrogens with zero attached hydrogens (tertiary/aromatic N) is 4. The highest BCUT2D eigenvalue weighted by Gasteiger charge is 2.22. The second kappa shape index (κ2) is 7.61. The molecule has 0 aromatic carbocycles. The first-order valence-electron chi connectivity index (χ1n) is 7.97. The van der Waals surface area contributed by atoms with Crippen molar-refractivity contribution in [1.82, 2.24) is 24.9 Å². The van der Waals surface area contributed by atoms with Crippen LogP contribution in [0.2, 0.25) is 0 Å². The Bertz CT molecular complexity index is 590. The van der Waals surface area contributed by atoms with Crippen LogP contribution in [-0.2, 0) is 13.1 Å². The normalized spacial score (nSPS) is 17.2. The minimum atomic E-state index is 0.0276. The summed E-state index contributed by atoms with van der Waals surface area (Å²) >= 11 is 1.73. The lowest BCUT2D eigenvalue weighted by Gasteiger charge is -2.35. The zero-order valence-electron chi connectivity index (χ0n) is 13.4. The number of hydrogen-bond acceptors (Lipinski definition) is 4. The van der Waals surface area contributed by atoms with Crippen LogP contribution in [0.1, 0.15) is 12.5 Å². The van der Waals surface area contributed by atoms with Gasteiger partial charge in [-0.2, -0.15) is 16.4 Å². The molecule has 0 aliphatic carbocycles. The molecule has 0 saturated carbocycles. The molecule has 3 heterocycles. The average Bonchev–Trinajstić information content (AvgIpc) is 3.21. The van der Waals surface area contributed by atoms with Crippen molar-refractivity contribution >= 4 is 17.4 Å². The summed E-state index contributed by atoms with van der Waals surface area (Å²) in [5.41, 5.74) is 1.36. The molecule has 1 saturated heterocycles. The molecule has 0 radical (unpaired) electrons. The minimum Gasteiger partial charge on any atom is -0.334 e. The molecular weight excluding hydrogens is 310 g/mol. The highest BCUT2D eigenvalue weighted by molar-refractivity contribution is 7.07. The molecule has 1 aliphatic rings. The Morgan fingerprint density at radius 3 is 2.87 bits per heavy atom. The summed E-state index contributed by atoms with van der Waals surface area (Å²) in [5, 5.41) is 11.5. The lowest BCUT2D eigenvalue weighted by molar-refractivity contribution is 0.133. The summed E-state index contributed by atoms with van der Waals surface area (Å²) < 4.78 is 1.84. The largest absolute Gasteiger partial charge is 0.334 e. The van der Waals surface area contributed by atoms with E-state index in [1.807, 2.05) is 28.8 Å². The molecule has 1 N–H and O–H groups in total. The third-order valence-corrected chi connectivity index (χ3v) is 4.77. The molecule has 7 heteroatoms. The maximum Gasteiger partial charge on any atom is 0.317 e. The lowest BCUT2D eigenvalue weighted by atomic mass is 10.2. The number of carbonyl (C=O) groups excluding carboxylic acids is 1. The van der Waals surface area contributed by atoms with E-state index in [9.17, 15) is 4.79 Å². The molecule has 2 amide bonds. The minimum absolute atomic E-state index is 0.0276. The zero-order valence-corrected chi connectivity index (χ0v) is 14.2. The van der Waals surface area contributed by atoms with Gasteiger partial charge in [0.05, 0.1) is 6.54 Å². The van der Waals surface area contributed by atoms with Gasteiger partial charge in [-0.25, -0.2) is 4.79 Å². The summed E-state index contributed by atoms with van der Waals surface area (Å²) in [5.74, 6) is 0. The van der Waals surface area contributed by atoms with Gasteiger partial charge in [0.2, 0.25) is 0 Å². The summed E-state index contributed by atoms with van der Waals surface area (Å²) in [6.45, 7) is 7.10. The van der Waals surface area contributed by atoms with Gasteiger partial charge in [-0.15, -0.1) is 0 Å². The Labute approximate surface area is 140 Å². The van der Waals surface area contributed by atoms with E-state index < -0.39 is 0 Å². The van der Waals surface area contributed by atoms with Crippen molar-refractivity contribution < 1.29 is 4.79 Å². The van der Waals surface area contributed by atoms with Gasteiger partial charge in [0.15, 0.2) is 0 Å². The number of piperazine rings is 1. The average molecular weight is 333 g/mol. The third kappa shape index (κ3) is 4.56. The monoisotopic (exact) mass is 333 g/mol. The number of nitrogens with one attached hydrogen (secondary N) is 1. The van der Waals surface area contributed by atoms with Gasteiger partial charge in [-0.3, -0.25) is 9.58 Å². The van der Waals surface area contributed by atoms with Crippen molar-refractivity contribution in [3.05, 3.63) is 40.8 Å². The molecule has 2 aromatic rings. The van der Waals surface area contributed by atoms with Crippen LogP contribution >= 0.6 is 11.3 Å². The molecule has 1 fully saturated rings. The Balaban J connectivity index is 1.41. The topological polar surface area (TPSA) is 53.4 Å². The van der Waals surface area contributed by atoms with E-state index in [2.05, 4.69) is 32.1 Å². The fraction of sp³-hybridized carbons (Fsp3) is 0.500. The molecule has 124 valence electrons. The van der Waals surface area contributed by atoms with E-state index in [4.69, 9.17) is 0 Å². The van der Waals surface area contributed by atoms with Crippen molar-refractivity contribution in [3.63, 3.8) is 0 Å². The van der Waals surface area contributed by atoms with Crippen molar-refractivity contribution in [2.45, 2.75) is 26.1 Å². The van der Waals surface area contributed by atoms with Crippen LogP contribution in [0.15, 0.2) is 35.3 Å². The Morgan fingerprint density at radius 1 is 1.39 bits per heavy atom. The molecule has 0 bridgehead atoms. The molecule has 0 unspecified atom stereocenters. The molecule has 23 heavy (non-hydrogen) atoms. The standard InChI is InChI=1S/C16H23N5OS/c1-14(11-21-5-2-4-17-21)18-16(22)20-8-6-19(7-9-20)12-15-3-10-23-13-15/h2-5,10,13-14H,6-9,11-12H2,1H3,(H,18,22)/t14-/m0/s1. The van der Waals surface area contributed by atoms with Crippen molar-refractivity contribution in [3.8, 4) is 0 Å². The molecule has 3 rings (SSSR count). The predicted molar refractivity (Wildman–Crippen MR) is 91.4 cm³/mol. The maximum atomic E-state index is 12.3. The van der Waals surface area contributed by atoms with Crippen LogP contribution in [0.5, 0.6) is 0 Å². The number of carbonyl (C=O) groups is 1. The molecule has 2 aromatic heterocycles. The van der Waals surface area contributed by atoms with Crippen molar-refractivity contribution in [1.29, 1.82) is 0 Å². The Morgan fingerprint density at radius 2 is 2.22 bits per heavy atom. The summed E-state index contributed by atoms with van der Waals surface area (Å²) in [4.78, 5) is 16.6. The van der Waals surface area contributed by atoms with Gasteiger partial charge in [0.1, 0.15) is 0 Å². The van der Waals surface area contributed by atoms with Gasteiger partial charge in [-0.1, -0.05) is 0 Å². The number of thiophene rings is 1. The van der Waals surface area contributed by atoms with E-state index in [-0.39, 0.29) is 12.1 Å². The van der Waals surface area contributed by atoms with E-state index in [0.717, 1.165) is 32.7 Å². The molecule has 0 spiro atoms. The van der Waals surface area contributed by atoms with E-state index >= 15 is 0 Å². The SMILES string of the molecule is C[C@@H](Cn1cccn1)NC(=O)N1CCN(Cc2ccsc2)CC1. The molecule has 1 aliphatic heterocycles. The number of hydrogen-bond donors (Lipinski definition) is 1. The van der Waals surface area contributed by atoms with E-state index in [1.165, 1.54) is 5.56 Å². The first-order valence-corrected chi connectivity index (χ1v) is 8.91. The first-order chi connectivity index (χ1) is 11.2. The number of urea groups is 1. The lowest BCUT2D eigenvalue weighted by Crippen LogP contribution is -2.53. The third-order valence-electron chi connectivity index (χ3n) is 4.04. The Kier molecular flexibility index (Phi) is 5.30. The maximum absolute atomic E-state index is 12.3. The van der Waals surface area contributed by atoms with Crippen LogP contribution in [0.25, 0.3) is 0 Å². The van der Waals surface area contributed by atoms with Gasteiger partial charge >= 0.3 is 6.03 Å². The summed E-state index contributed by atoms with van der Waals surface area (Å²) in [6.07, 6.45) is 3.66. The second-order valence-electron chi connectivity index (χ2n) is 5.97. The summed E-state index contributed by atoms with van der Waals surface area (Å²) in [6, 6.07) is 4.15. The van der Waals surface area contributed by atoms with E-state index in [1.54, 1.807) is 17.5 Å². The number of amides is 2. The highest BCUT2D eigenvalue weighted by Crippen LogP contribution is 2.11. The van der Waals surface area contributed by atoms with E-state index in [0.29, 0.717) is 6.54 Å². The highest BCUT2D eigenvalue weighted by atomic mass is 32.1.